The lowest BCUT2D eigenvalue weighted by molar-refractivity contribution is -0.149. The van der Waals surface area contributed by atoms with E-state index in [2.05, 4.69) is 29.2 Å². The first-order valence-corrected chi connectivity index (χ1v) is 6.67. The number of hydrogen-bond donors (Lipinski definition) is 0. The number of hydrogen-bond acceptors (Lipinski definition) is 3. The maximum atomic E-state index is 11.1. The van der Waals surface area contributed by atoms with Gasteiger partial charge in [0, 0.05) is 26.1 Å². The van der Waals surface area contributed by atoms with E-state index in [-0.39, 0.29) is 12.1 Å². The summed E-state index contributed by atoms with van der Waals surface area (Å²) in [4.78, 5) is 13.6. The Bertz CT molecular complexity index is 431. The number of benzene rings is 1. The Morgan fingerprint density at radius 1 is 1.33 bits per heavy atom. The molecular weight excluding hydrogens is 226 g/mol. The highest BCUT2D eigenvalue weighted by atomic mass is 16.5. The van der Waals surface area contributed by atoms with Crippen LogP contribution >= 0.6 is 0 Å². The molecule has 2 aliphatic rings. The van der Waals surface area contributed by atoms with Gasteiger partial charge in [-0.15, -0.1) is 0 Å². The smallest absolute Gasteiger partial charge is 0.302 e. The topological polar surface area (TPSA) is 29.5 Å². The van der Waals surface area contributed by atoms with Crippen LogP contribution in [0.2, 0.25) is 0 Å². The van der Waals surface area contributed by atoms with Gasteiger partial charge in [0.2, 0.25) is 0 Å². The predicted molar refractivity (Wildman–Crippen MR) is 68.9 cm³/mol. The summed E-state index contributed by atoms with van der Waals surface area (Å²) in [6.45, 7) is 3.63. The number of piperidine rings is 1. The fourth-order valence-electron chi connectivity index (χ4n) is 3.42. The van der Waals surface area contributed by atoms with E-state index in [0.29, 0.717) is 12.0 Å². The second kappa shape index (κ2) is 4.73. The van der Waals surface area contributed by atoms with Gasteiger partial charge in [0.15, 0.2) is 0 Å². The van der Waals surface area contributed by atoms with Crippen LogP contribution in [0.3, 0.4) is 0 Å². The molecule has 2 bridgehead atoms. The number of ether oxygens (including phenoxy) is 1. The van der Waals surface area contributed by atoms with Gasteiger partial charge in [0.25, 0.3) is 0 Å². The molecule has 2 fully saturated rings. The number of esters is 1. The van der Waals surface area contributed by atoms with Crippen LogP contribution in [0.25, 0.3) is 0 Å². The molecule has 1 aromatic rings. The molecule has 1 saturated carbocycles. The van der Waals surface area contributed by atoms with E-state index < -0.39 is 0 Å². The molecule has 1 aliphatic carbocycles. The van der Waals surface area contributed by atoms with Crippen LogP contribution in [-0.2, 0) is 16.1 Å². The molecule has 1 aromatic carbocycles. The first-order chi connectivity index (χ1) is 8.72. The molecule has 1 heterocycles. The number of nitrogens with zero attached hydrogens (tertiary/aromatic N) is 1. The minimum atomic E-state index is -0.146. The van der Waals surface area contributed by atoms with E-state index in [9.17, 15) is 4.79 Å². The fraction of sp³-hybridized carbons (Fsp3) is 0.533. The first kappa shape index (κ1) is 11.7. The van der Waals surface area contributed by atoms with Crippen molar-refractivity contribution in [1.82, 2.24) is 4.90 Å². The average molecular weight is 245 g/mol. The van der Waals surface area contributed by atoms with Crippen LogP contribution in [0.5, 0.6) is 0 Å². The largest absolute Gasteiger partial charge is 0.461 e. The zero-order valence-electron chi connectivity index (χ0n) is 10.7. The van der Waals surface area contributed by atoms with Gasteiger partial charge in [-0.25, -0.2) is 0 Å². The molecule has 0 N–H and O–H groups in total. The van der Waals surface area contributed by atoms with Gasteiger partial charge in [-0.05, 0) is 24.3 Å². The fourth-order valence-corrected chi connectivity index (χ4v) is 3.42. The van der Waals surface area contributed by atoms with Crippen LogP contribution in [0, 0.1) is 5.92 Å². The Morgan fingerprint density at radius 2 is 2.11 bits per heavy atom. The number of rotatable bonds is 3. The second-order valence-corrected chi connectivity index (χ2v) is 5.47. The normalized spacial score (nSPS) is 30.6. The molecule has 0 spiro atoms. The van der Waals surface area contributed by atoms with Crippen molar-refractivity contribution in [1.29, 1.82) is 0 Å². The Balaban J connectivity index is 1.66. The SMILES string of the molecule is CC(=O)O[C@H]1CC2CC1N(Cc1ccccc1)C2. The van der Waals surface area contributed by atoms with Gasteiger partial charge in [0.1, 0.15) is 6.10 Å². The van der Waals surface area contributed by atoms with Crippen molar-refractivity contribution >= 4 is 5.97 Å². The number of carbonyl (C=O) groups excluding carboxylic acids is 1. The predicted octanol–water partition coefficient (Wildman–Crippen LogP) is 2.21. The first-order valence-electron chi connectivity index (χ1n) is 6.67. The van der Waals surface area contributed by atoms with Crippen molar-refractivity contribution in [2.45, 2.75) is 38.5 Å². The quantitative estimate of drug-likeness (QED) is 0.765. The van der Waals surface area contributed by atoms with Gasteiger partial charge in [-0.1, -0.05) is 30.3 Å². The summed E-state index contributed by atoms with van der Waals surface area (Å²) in [5.74, 6) is 0.565. The summed E-state index contributed by atoms with van der Waals surface area (Å²) in [6.07, 6.45) is 2.35. The van der Waals surface area contributed by atoms with Crippen molar-refractivity contribution in [3.63, 3.8) is 0 Å². The van der Waals surface area contributed by atoms with E-state index in [1.54, 1.807) is 0 Å². The molecule has 3 atom stereocenters. The number of carbonyl (C=O) groups is 1. The summed E-state index contributed by atoms with van der Waals surface area (Å²) in [6, 6.07) is 10.9. The van der Waals surface area contributed by atoms with E-state index in [1.807, 2.05) is 6.07 Å². The Hall–Kier alpha value is -1.35. The minimum absolute atomic E-state index is 0.116. The molecule has 3 heteroatoms. The van der Waals surface area contributed by atoms with Gasteiger partial charge in [-0.3, -0.25) is 9.69 Å². The van der Waals surface area contributed by atoms with E-state index in [0.717, 1.165) is 19.5 Å². The van der Waals surface area contributed by atoms with Crippen molar-refractivity contribution < 1.29 is 9.53 Å². The summed E-state index contributed by atoms with van der Waals surface area (Å²) < 4.78 is 5.43. The Labute approximate surface area is 108 Å². The zero-order chi connectivity index (χ0) is 12.5. The summed E-state index contributed by atoms with van der Waals surface area (Å²) in [7, 11) is 0. The second-order valence-electron chi connectivity index (χ2n) is 5.47. The molecule has 0 aromatic heterocycles. The maximum absolute atomic E-state index is 11.1. The van der Waals surface area contributed by atoms with Crippen molar-refractivity contribution in [2.24, 2.45) is 5.92 Å². The van der Waals surface area contributed by atoms with Crippen LogP contribution in [0.15, 0.2) is 30.3 Å². The third-order valence-corrected chi connectivity index (χ3v) is 4.08. The molecule has 0 amide bonds. The van der Waals surface area contributed by atoms with Crippen molar-refractivity contribution in [3.8, 4) is 0 Å². The lowest BCUT2D eigenvalue weighted by Gasteiger charge is -2.32. The number of likely N-dealkylation sites (tertiary alicyclic amines) is 1. The van der Waals surface area contributed by atoms with E-state index in [4.69, 9.17) is 4.74 Å². The highest BCUT2D eigenvalue weighted by molar-refractivity contribution is 5.66. The Morgan fingerprint density at radius 3 is 2.78 bits per heavy atom. The Kier molecular flexibility index (Phi) is 3.08. The average Bonchev–Trinajstić information content (AvgIpc) is 2.88. The van der Waals surface area contributed by atoms with Crippen LogP contribution in [0.4, 0.5) is 0 Å². The molecule has 3 nitrogen and oxygen atoms in total. The standard InChI is InChI=1S/C15H19NO2/c1-11(17)18-15-8-13-7-14(15)16(10-13)9-12-5-3-2-4-6-12/h2-6,13-15H,7-10H2,1H3/t13?,14?,15-/m0/s1. The highest BCUT2D eigenvalue weighted by Crippen LogP contribution is 2.40. The molecule has 18 heavy (non-hydrogen) atoms. The van der Waals surface area contributed by atoms with Gasteiger partial charge in [-0.2, -0.15) is 0 Å². The molecule has 1 aliphatic heterocycles. The third kappa shape index (κ3) is 2.27. The van der Waals surface area contributed by atoms with Crippen molar-refractivity contribution in [2.75, 3.05) is 6.54 Å². The molecule has 96 valence electrons. The van der Waals surface area contributed by atoms with Crippen LogP contribution < -0.4 is 0 Å². The van der Waals surface area contributed by atoms with E-state index >= 15 is 0 Å². The maximum Gasteiger partial charge on any atom is 0.302 e. The molecule has 3 rings (SSSR count). The minimum Gasteiger partial charge on any atom is -0.461 e. The highest BCUT2D eigenvalue weighted by Gasteiger charge is 2.46. The molecule has 2 unspecified atom stereocenters. The third-order valence-electron chi connectivity index (χ3n) is 4.08. The monoisotopic (exact) mass is 245 g/mol. The van der Waals surface area contributed by atoms with E-state index in [1.165, 1.54) is 18.9 Å². The summed E-state index contributed by atoms with van der Waals surface area (Å²) in [5.41, 5.74) is 1.34. The molecular formula is C15H19NO2. The number of fused-ring (bicyclic) bond motifs is 2. The molecule has 1 saturated heterocycles. The van der Waals surface area contributed by atoms with Crippen LogP contribution in [-0.4, -0.2) is 29.6 Å². The lowest BCUT2D eigenvalue weighted by Crippen LogP contribution is -2.42. The van der Waals surface area contributed by atoms with Gasteiger partial charge < -0.3 is 4.74 Å². The summed E-state index contributed by atoms with van der Waals surface area (Å²) >= 11 is 0. The molecule has 0 radical (unpaired) electrons. The van der Waals surface area contributed by atoms with Crippen molar-refractivity contribution in [3.05, 3.63) is 35.9 Å². The van der Waals surface area contributed by atoms with Gasteiger partial charge >= 0.3 is 5.97 Å². The lowest BCUT2D eigenvalue weighted by atomic mass is 10.1. The van der Waals surface area contributed by atoms with Gasteiger partial charge in [0.05, 0.1) is 0 Å². The zero-order valence-corrected chi connectivity index (χ0v) is 10.7. The summed E-state index contributed by atoms with van der Waals surface area (Å²) in [5, 5.41) is 0. The van der Waals surface area contributed by atoms with Crippen LogP contribution in [0.1, 0.15) is 25.3 Å².